The maximum atomic E-state index is 5.95. The molecular formula is C18H23NS. The summed E-state index contributed by atoms with van der Waals surface area (Å²) in [7, 11) is 0. The molecule has 2 aromatic rings. The lowest BCUT2D eigenvalue weighted by molar-refractivity contribution is 0.815. The summed E-state index contributed by atoms with van der Waals surface area (Å²) in [6, 6.07) is 13.2. The Labute approximate surface area is 126 Å². The second kappa shape index (κ2) is 6.47. The highest BCUT2D eigenvalue weighted by molar-refractivity contribution is 7.98. The van der Waals surface area contributed by atoms with Gasteiger partial charge >= 0.3 is 0 Å². The van der Waals surface area contributed by atoms with Gasteiger partial charge in [0.25, 0.3) is 0 Å². The summed E-state index contributed by atoms with van der Waals surface area (Å²) < 4.78 is 0. The lowest BCUT2D eigenvalue weighted by Crippen LogP contribution is -2.04. The van der Waals surface area contributed by atoms with Crippen LogP contribution in [0, 0.1) is 20.8 Å². The highest BCUT2D eigenvalue weighted by Crippen LogP contribution is 2.28. The van der Waals surface area contributed by atoms with Gasteiger partial charge in [-0.1, -0.05) is 29.8 Å². The quantitative estimate of drug-likeness (QED) is 0.807. The van der Waals surface area contributed by atoms with Gasteiger partial charge in [-0.3, -0.25) is 0 Å². The zero-order valence-electron chi connectivity index (χ0n) is 12.7. The number of benzene rings is 2. The highest BCUT2D eigenvalue weighted by Gasteiger charge is 2.06. The molecule has 1 nitrogen and oxygen atoms in total. The van der Waals surface area contributed by atoms with Crippen LogP contribution in [0.25, 0.3) is 0 Å². The van der Waals surface area contributed by atoms with Crippen LogP contribution in [0.2, 0.25) is 0 Å². The van der Waals surface area contributed by atoms with E-state index >= 15 is 0 Å². The Morgan fingerprint density at radius 2 is 1.70 bits per heavy atom. The highest BCUT2D eigenvalue weighted by atomic mass is 32.2. The third kappa shape index (κ3) is 3.65. The topological polar surface area (TPSA) is 26.0 Å². The van der Waals surface area contributed by atoms with Crippen molar-refractivity contribution in [2.75, 3.05) is 0 Å². The molecule has 2 rings (SSSR count). The van der Waals surface area contributed by atoms with Crippen molar-refractivity contribution in [2.45, 2.75) is 44.4 Å². The second-order valence-corrected chi connectivity index (χ2v) is 6.58. The van der Waals surface area contributed by atoms with Gasteiger partial charge in [0, 0.05) is 16.7 Å². The van der Waals surface area contributed by atoms with E-state index in [1.807, 2.05) is 18.7 Å². The fraction of sp³-hybridized carbons (Fsp3) is 0.333. The van der Waals surface area contributed by atoms with Gasteiger partial charge in [0.1, 0.15) is 0 Å². The molecule has 106 valence electrons. The molecule has 0 fully saturated rings. The van der Waals surface area contributed by atoms with Crippen LogP contribution in [0.1, 0.15) is 40.8 Å². The molecule has 0 radical (unpaired) electrons. The minimum Gasteiger partial charge on any atom is -0.324 e. The largest absolute Gasteiger partial charge is 0.324 e. The van der Waals surface area contributed by atoms with Crippen molar-refractivity contribution in [3.05, 3.63) is 64.2 Å². The van der Waals surface area contributed by atoms with Gasteiger partial charge in [0.15, 0.2) is 0 Å². The van der Waals surface area contributed by atoms with Crippen LogP contribution in [-0.2, 0) is 5.75 Å². The lowest BCUT2D eigenvalue weighted by Gasteiger charge is -2.12. The standard InChI is InChI=1S/C18H23NS/c1-12-8-13(2)18(14(3)9-12)11-20-17-7-5-6-16(10-17)15(4)19/h5-10,15H,11,19H2,1-4H3. The van der Waals surface area contributed by atoms with Crippen LogP contribution in [-0.4, -0.2) is 0 Å². The van der Waals surface area contributed by atoms with E-state index in [0.29, 0.717) is 0 Å². The first kappa shape index (κ1) is 15.1. The van der Waals surface area contributed by atoms with Crippen LogP contribution < -0.4 is 5.73 Å². The number of hydrogen-bond donors (Lipinski definition) is 1. The molecular weight excluding hydrogens is 262 g/mol. The van der Waals surface area contributed by atoms with Gasteiger partial charge in [-0.25, -0.2) is 0 Å². The van der Waals surface area contributed by atoms with Crippen LogP contribution in [0.4, 0.5) is 0 Å². The van der Waals surface area contributed by atoms with Crippen molar-refractivity contribution in [3.63, 3.8) is 0 Å². The van der Waals surface area contributed by atoms with Gasteiger partial charge in [0.05, 0.1) is 0 Å². The maximum Gasteiger partial charge on any atom is 0.0266 e. The maximum absolute atomic E-state index is 5.95. The Morgan fingerprint density at radius 3 is 2.30 bits per heavy atom. The second-order valence-electron chi connectivity index (χ2n) is 5.53. The van der Waals surface area contributed by atoms with Crippen molar-refractivity contribution in [1.82, 2.24) is 0 Å². The molecule has 20 heavy (non-hydrogen) atoms. The van der Waals surface area contributed by atoms with E-state index in [1.165, 1.54) is 32.7 Å². The van der Waals surface area contributed by atoms with E-state index in [9.17, 15) is 0 Å². The monoisotopic (exact) mass is 285 g/mol. The Hall–Kier alpha value is -1.25. The summed E-state index contributed by atoms with van der Waals surface area (Å²) in [5.41, 5.74) is 12.7. The van der Waals surface area contributed by atoms with Crippen molar-refractivity contribution in [3.8, 4) is 0 Å². The lowest BCUT2D eigenvalue weighted by atomic mass is 10.0. The zero-order chi connectivity index (χ0) is 14.7. The third-order valence-electron chi connectivity index (χ3n) is 3.61. The summed E-state index contributed by atoms with van der Waals surface area (Å²) in [4.78, 5) is 1.29. The van der Waals surface area contributed by atoms with Crippen LogP contribution in [0.15, 0.2) is 41.3 Å². The molecule has 0 saturated heterocycles. The molecule has 0 spiro atoms. The molecule has 0 aliphatic carbocycles. The number of thioether (sulfide) groups is 1. The van der Waals surface area contributed by atoms with E-state index in [1.54, 1.807) is 0 Å². The molecule has 1 unspecified atom stereocenters. The fourth-order valence-corrected chi connectivity index (χ4v) is 3.64. The molecule has 0 amide bonds. The van der Waals surface area contributed by atoms with Crippen molar-refractivity contribution in [1.29, 1.82) is 0 Å². The first-order valence-electron chi connectivity index (χ1n) is 7.02. The predicted octanol–water partition coefficient (Wildman–Crippen LogP) is 4.92. The smallest absolute Gasteiger partial charge is 0.0266 e. The van der Waals surface area contributed by atoms with Gasteiger partial charge in [-0.15, -0.1) is 11.8 Å². The number of rotatable bonds is 4. The molecule has 0 aliphatic heterocycles. The molecule has 2 N–H and O–H groups in total. The number of hydrogen-bond acceptors (Lipinski definition) is 2. The number of aryl methyl sites for hydroxylation is 3. The Balaban J connectivity index is 2.15. The molecule has 2 heteroatoms. The average Bonchev–Trinajstić information content (AvgIpc) is 2.37. The summed E-state index contributed by atoms with van der Waals surface area (Å²) >= 11 is 1.88. The molecule has 0 bridgehead atoms. The first-order chi connectivity index (χ1) is 9.47. The minimum atomic E-state index is 0.0957. The van der Waals surface area contributed by atoms with Crippen LogP contribution in [0.3, 0.4) is 0 Å². The van der Waals surface area contributed by atoms with Gasteiger partial charge < -0.3 is 5.73 Å². The normalized spacial score (nSPS) is 12.4. The molecule has 0 aliphatic rings. The Bertz CT molecular complexity index is 579. The summed E-state index contributed by atoms with van der Waals surface area (Å²) in [5, 5.41) is 0. The molecule has 0 saturated carbocycles. The minimum absolute atomic E-state index is 0.0957. The number of nitrogens with two attached hydrogens (primary N) is 1. The van der Waals surface area contributed by atoms with Gasteiger partial charge in [-0.05, 0) is 62.1 Å². The van der Waals surface area contributed by atoms with Crippen LogP contribution in [0.5, 0.6) is 0 Å². The molecule has 0 aromatic heterocycles. The molecule has 2 aromatic carbocycles. The van der Waals surface area contributed by atoms with Crippen molar-refractivity contribution < 1.29 is 0 Å². The van der Waals surface area contributed by atoms with Crippen molar-refractivity contribution in [2.24, 2.45) is 5.73 Å². The summed E-state index contributed by atoms with van der Waals surface area (Å²) in [6.07, 6.45) is 0. The van der Waals surface area contributed by atoms with Gasteiger partial charge in [-0.2, -0.15) is 0 Å². The zero-order valence-corrected chi connectivity index (χ0v) is 13.6. The molecule has 0 heterocycles. The summed E-state index contributed by atoms with van der Waals surface area (Å²) in [5.74, 6) is 1.01. The first-order valence-corrected chi connectivity index (χ1v) is 8.01. The van der Waals surface area contributed by atoms with E-state index in [0.717, 1.165) is 5.75 Å². The Kier molecular flexibility index (Phi) is 4.90. The summed E-state index contributed by atoms with van der Waals surface area (Å²) in [6.45, 7) is 8.59. The molecule has 1 atom stereocenters. The van der Waals surface area contributed by atoms with Gasteiger partial charge in [0.2, 0.25) is 0 Å². The van der Waals surface area contributed by atoms with E-state index in [2.05, 4.69) is 57.2 Å². The van der Waals surface area contributed by atoms with E-state index in [-0.39, 0.29) is 6.04 Å². The van der Waals surface area contributed by atoms with Crippen molar-refractivity contribution >= 4 is 11.8 Å². The van der Waals surface area contributed by atoms with E-state index in [4.69, 9.17) is 5.73 Å². The predicted molar refractivity (Wildman–Crippen MR) is 89.3 cm³/mol. The Morgan fingerprint density at radius 1 is 1.05 bits per heavy atom. The fourth-order valence-electron chi connectivity index (χ4n) is 2.48. The van der Waals surface area contributed by atoms with E-state index < -0.39 is 0 Å². The SMILES string of the molecule is Cc1cc(C)c(CSc2cccc(C(C)N)c2)c(C)c1. The third-order valence-corrected chi connectivity index (χ3v) is 4.63. The van der Waals surface area contributed by atoms with Crippen LogP contribution >= 0.6 is 11.8 Å². The average molecular weight is 285 g/mol.